The minimum absolute atomic E-state index is 0.0463. The SMILES string of the molecule is CN(C)C1(CNS(=O)(=O)Cc2ccccc2N)CCCC1. The van der Waals surface area contributed by atoms with Crippen molar-refractivity contribution in [2.45, 2.75) is 37.0 Å². The van der Waals surface area contributed by atoms with Crippen molar-refractivity contribution in [1.82, 2.24) is 9.62 Å². The van der Waals surface area contributed by atoms with Gasteiger partial charge in [0.15, 0.2) is 0 Å². The molecule has 0 aliphatic heterocycles. The highest BCUT2D eigenvalue weighted by molar-refractivity contribution is 7.88. The van der Waals surface area contributed by atoms with Crippen LogP contribution in [0, 0.1) is 0 Å². The molecule has 6 heteroatoms. The topological polar surface area (TPSA) is 75.4 Å². The van der Waals surface area contributed by atoms with E-state index in [0.717, 1.165) is 25.7 Å². The van der Waals surface area contributed by atoms with E-state index in [1.165, 1.54) is 0 Å². The number of nitrogens with one attached hydrogen (secondary N) is 1. The third kappa shape index (κ3) is 3.96. The summed E-state index contributed by atoms with van der Waals surface area (Å²) in [5.41, 5.74) is 6.94. The van der Waals surface area contributed by atoms with E-state index in [4.69, 9.17) is 5.73 Å². The van der Waals surface area contributed by atoms with Gasteiger partial charge < -0.3 is 10.6 Å². The minimum atomic E-state index is -3.37. The van der Waals surface area contributed by atoms with Gasteiger partial charge in [0.25, 0.3) is 0 Å². The molecule has 1 aromatic rings. The molecular weight excluding hydrogens is 286 g/mol. The van der Waals surface area contributed by atoms with Gasteiger partial charge >= 0.3 is 0 Å². The Bertz CT molecular complexity index is 578. The Morgan fingerprint density at radius 2 is 1.86 bits per heavy atom. The largest absolute Gasteiger partial charge is 0.398 e. The van der Waals surface area contributed by atoms with Gasteiger partial charge in [0, 0.05) is 17.8 Å². The first-order valence-corrected chi connectivity index (χ1v) is 8.98. The average Bonchev–Trinajstić information content (AvgIpc) is 2.89. The molecule has 0 spiro atoms. The van der Waals surface area contributed by atoms with Gasteiger partial charge in [-0.05, 0) is 38.6 Å². The van der Waals surface area contributed by atoms with Crippen LogP contribution in [0.15, 0.2) is 24.3 Å². The van der Waals surface area contributed by atoms with Gasteiger partial charge in [-0.1, -0.05) is 31.0 Å². The number of nitrogens with zero attached hydrogens (tertiary/aromatic N) is 1. The molecule has 0 heterocycles. The van der Waals surface area contributed by atoms with Gasteiger partial charge in [0.1, 0.15) is 0 Å². The molecule has 0 aromatic heterocycles. The Balaban J connectivity index is 2.03. The molecule has 5 nitrogen and oxygen atoms in total. The van der Waals surface area contributed by atoms with E-state index < -0.39 is 10.0 Å². The number of sulfonamides is 1. The predicted octanol–water partition coefficient (Wildman–Crippen LogP) is 1.56. The van der Waals surface area contributed by atoms with Gasteiger partial charge in [-0.15, -0.1) is 0 Å². The summed E-state index contributed by atoms with van der Waals surface area (Å²) in [4.78, 5) is 2.15. The number of benzene rings is 1. The van der Waals surface area contributed by atoms with Crippen molar-refractivity contribution in [1.29, 1.82) is 0 Å². The second-order valence-corrected chi connectivity index (χ2v) is 7.91. The highest BCUT2D eigenvalue weighted by Gasteiger charge is 2.36. The number of para-hydroxylation sites is 1. The molecule has 1 saturated carbocycles. The van der Waals surface area contributed by atoms with Crippen LogP contribution in [0.25, 0.3) is 0 Å². The number of likely N-dealkylation sites (N-methyl/N-ethyl adjacent to an activating group) is 1. The number of hydrogen-bond acceptors (Lipinski definition) is 4. The zero-order valence-electron chi connectivity index (χ0n) is 12.8. The number of nitrogens with two attached hydrogens (primary N) is 1. The smallest absolute Gasteiger partial charge is 0.215 e. The molecule has 21 heavy (non-hydrogen) atoms. The molecule has 0 radical (unpaired) electrons. The lowest BCUT2D eigenvalue weighted by Gasteiger charge is -2.36. The fourth-order valence-electron chi connectivity index (χ4n) is 2.98. The van der Waals surface area contributed by atoms with Gasteiger partial charge in [-0.25, -0.2) is 13.1 Å². The second kappa shape index (κ2) is 6.34. The molecule has 0 atom stereocenters. The van der Waals surface area contributed by atoms with Crippen LogP contribution in [0.1, 0.15) is 31.2 Å². The highest BCUT2D eigenvalue weighted by atomic mass is 32.2. The van der Waals surface area contributed by atoms with Crippen molar-refractivity contribution in [3.63, 3.8) is 0 Å². The molecule has 0 unspecified atom stereocenters. The number of anilines is 1. The first-order chi connectivity index (χ1) is 9.85. The van der Waals surface area contributed by atoms with E-state index in [-0.39, 0.29) is 11.3 Å². The Hall–Kier alpha value is -1.11. The summed E-state index contributed by atoms with van der Waals surface area (Å²) in [5, 5.41) is 0. The standard InChI is InChI=1S/C15H25N3O2S/c1-18(2)15(9-5-6-10-15)12-17-21(19,20)11-13-7-3-4-8-14(13)16/h3-4,7-8,17H,5-6,9-12,16H2,1-2H3. The van der Waals surface area contributed by atoms with Crippen LogP contribution in [-0.2, 0) is 15.8 Å². The fraction of sp³-hybridized carbons (Fsp3) is 0.600. The third-order valence-corrected chi connectivity index (χ3v) is 5.78. The maximum atomic E-state index is 12.3. The Labute approximate surface area is 127 Å². The van der Waals surface area contributed by atoms with Crippen molar-refractivity contribution >= 4 is 15.7 Å². The molecule has 0 amide bonds. The lowest BCUT2D eigenvalue weighted by Crippen LogP contribution is -2.50. The predicted molar refractivity (Wildman–Crippen MR) is 86.4 cm³/mol. The summed E-state index contributed by atoms with van der Waals surface area (Å²) < 4.78 is 27.4. The van der Waals surface area contributed by atoms with Crippen LogP contribution >= 0.6 is 0 Å². The zero-order chi connectivity index (χ0) is 15.5. The van der Waals surface area contributed by atoms with E-state index >= 15 is 0 Å². The van der Waals surface area contributed by atoms with E-state index in [1.54, 1.807) is 24.3 Å². The molecule has 2 rings (SSSR count). The summed E-state index contributed by atoms with van der Waals surface area (Å²) >= 11 is 0. The van der Waals surface area contributed by atoms with Crippen LogP contribution in [0.2, 0.25) is 0 Å². The number of rotatable bonds is 6. The highest BCUT2D eigenvalue weighted by Crippen LogP contribution is 2.33. The van der Waals surface area contributed by atoms with Gasteiger partial charge in [-0.3, -0.25) is 0 Å². The lowest BCUT2D eigenvalue weighted by molar-refractivity contribution is 0.162. The first kappa shape index (κ1) is 16.3. The molecule has 1 fully saturated rings. The van der Waals surface area contributed by atoms with Crippen molar-refractivity contribution in [2.24, 2.45) is 0 Å². The van der Waals surface area contributed by atoms with Crippen molar-refractivity contribution in [2.75, 3.05) is 26.4 Å². The van der Waals surface area contributed by atoms with Crippen LogP contribution in [0.3, 0.4) is 0 Å². The van der Waals surface area contributed by atoms with Crippen molar-refractivity contribution in [3.05, 3.63) is 29.8 Å². The molecular formula is C15H25N3O2S. The lowest BCUT2D eigenvalue weighted by atomic mass is 9.97. The quantitative estimate of drug-likeness (QED) is 0.782. The molecule has 0 saturated heterocycles. The van der Waals surface area contributed by atoms with Crippen LogP contribution < -0.4 is 10.5 Å². The monoisotopic (exact) mass is 311 g/mol. The van der Waals surface area contributed by atoms with E-state index in [0.29, 0.717) is 17.8 Å². The minimum Gasteiger partial charge on any atom is -0.398 e. The summed E-state index contributed by atoms with van der Waals surface area (Å²) in [5.74, 6) is -0.0663. The molecule has 3 N–H and O–H groups in total. The molecule has 1 aromatic carbocycles. The molecule has 118 valence electrons. The normalized spacial score (nSPS) is 18.2. The zero-order valence-corrected chi connectivity index (χ0v) is 13.6. The average molecular weight is 311 g/mol. The Morgan fingerprint density at radius 1 is 1.24 bits per heavy atom. The summed E-state index contributed by atoms with van der Waals surface area (Å²) in [6, 6.07) is 7.09. The number of hydrogen-bond donors (Lipinski definition) is 2. The van der Waals surface area contributed by atoms with Gasteiger partial charge in [0.2, 0.25) is 10.0 Å². The van der Waals surface area contributed by atoms with E-state index in [9.17, 15) is 8.42 Å². The van der Waals surface area contributed by atoms with E-state index in [2.05, 4.69) is 9.62 Å². The first-order valence-electron chi connectivity index (χ1n) is 7.33. The summed E-state index contributed by atoms with van der Waals surface area (Å²) in [6.07, 6.45) is 4.39. The second-order valence-electron chi connectivity index (χ2n) is 6.10. The maximum absolute atomic E-state index is 12.3. The molecule has 0 bridgehead atoms. The fourth-order valence-corrected chi connectivity index (χ4v) is 4.24. The van der Waals surface area contributed by atoms with Crippen LogP contribution in [0.5, 0.6) is 0 Å². The van der Waals surface area contributed by atoms with E-state index in [1.807, 2.05) is 14.1 Å². The van der Waals surface area contributed by atoms with Crippen LogP contribution in [-0.4, -0.2) is 39.5 Å². The van der Waals surface area contributed by atoms with Crippen LogP contribution in [0.4, 0.5) is 5.69 Å². The van der Waals surface area contributed by atoms with Crippen molar-refractivity contribution in [3.8, 4) is 0 Å². The molecule has 1 aliphatic rings. The third-order valence-electron chi connectivity index (χ3n) is 4.50. The summed E-state index contributed by atoms with van der Waals surface area (Å²) in [7, 11) is 0.672. The van der Waals surface area contributed by atoms with Gasteiger partial charge in [-0.2, -0.15) is 0 Å². The molecule has 1 aliphatic carbocycles. The Kier molecular flexibility index (Phi) is 4.91. The number of nitrogen functional groups attached to an aromatic ring is 1. The Morgan fingerprint density at radius 3 is 2.43 bits per heavy atom. The van der Waals surface area contributed by atoms with Gasteiger partial charge in [0.05, 0.1) is 5.75 Å². The summed E-state index contributed by atoms with van der Waals surface area (Å²) in [6.45, 7) is 0.467. The van der Waals surface area contributed by atoms with Crippen molar-refractivity contribution < 1.29 is 8.42 Å². The maximum Gasteiger partial charge on any atom is 0.215 e.